The largest absolute Gasteiger partial charge is 0.444 e. The lowest BCUT2D eigenvalue weighted by Crippen LogP contribution is -2.67. The van der Waals surface area contributed by atoms with Gasteiger partial charge in [0.1, 0.15) is 5.60 Å². The number of nitrogens with zero attached hydrogens (tertiary/aromatic N) is 1. The normalized spacial score (nSPS) is 15.0. The van der Waals surface area contributed by atoms with Crippen molar-refractivity contribution < 1.29 is 37.5 Å². The Bertz CT molecular complexity index is 1150. The Labute approximate surface area is 259 Å². The molecule has 0 bridgehead atoms. The first-order chi connectivity index (χ1) is 20.1. The number of imide groups is 1. The highest BCUT2D eigenvalue weighted by Gasteiger charge is 2.59. The van der Waals surface area contributed by atoms with Crippen molar-refractivity contribution in [2.45, 2.75) is 117 Å². The molecule has 1 aromatic rings. The molecule has 3 amide bonds. The molecule has 5 N–H and O–H groups in total. The zero-order valence-corrected chi connectivity index (χ0v) is 27.4. The first-order valence-electron chi connectivity index (χ1n) is 15.0. The van der Waals surface area contributed by atoms with Gasteiger partial charge in [-0.2, -0.15) is 8.78 Å². The van der Waals surface area contributed by atoms with Crippen molar-refractivity contribution in [2.75, 3.05) is 0 Å². The fourth-order valence-corrected chi connectivity index (χ4v) is 4.47. The van der Waals surface area contributed by atoms with Crippen LogP contribution in [-0.2, 0) is 30.3 Å². The van der Waals surface area contributed by atoms with Crippen LogP contribution in [0.5, 0.6) is 0 Å². The van der Waals surface area contributed by atoms with Crippen LogP contribution < -0.4 is 16.8 Å². The average Bonchev–Trinajstić information content (AvgIpc) is 2.88. The molecule has 0 aromatic heterocycles. The van der Waals surface area contributed by atoms with Crippen LogP contribution in [0.15, 0.2) is 30.3 Å². The number of benzene rings is 1. The Balaban J connectivity index is 3.96. The van der Waals surface area contributed by atoms with E-state index in [9.17, 15) is 24.0 Å². The summed E-state index contributed by atoms with van der Waals surface area (Å²) in [7, 11) is 0. The number of rotatable bonds is 15. The van der Waals surface area contributed by atoms with Gasteiger partial charge < -0.3 is 21.5 Å². The van der Waals surface area contributed by atoms with E-state index in [0.717, 1.165) is 0 Å². The molecule has 248 valence electrons. The summed E-state index contributed by atoms with van der Waals surface area (Å²) >= 11 is 0. The summed E-state index contributed by atoms with van der Waals surface area (Å²) in [6.45, 7) is 14.4. The molecule has 0 heterocycles. The molecule has 4 atom stereocenters. The summed E-state index contributed by atoms with van der Waals surface area (Å²) in [5.41, 5.74) is 11.4. The first-order valence-corrected chi connectivity index (χ1v) is 15.0. The lowest BCUT2D eigenvalue weighted by atomic mass is 9.87. The molecule has 44 heavy (non-hydrogen) atoms. The Morgan fingerprint density at radius 1 is 0.909 bits per heavy atom. The summed E-state index contributed by atoms with van der Waals surface area (Å²) in [6, 6.07) is 0.361. The van der Waals surface area contributed by atoms with E-state index < -0.39 is 83.4 Å². The summed E-state index contributed by atoms with van der Waals surface area (Å²) in [6.07, 6.45) is -1.94. The van der Waals surface area contributed by atoms with Gasteiger partial charge >= 0.3 is 12.0 Å². The van der Waals surface area contributed by atoms with Gasteiger partial charge in [0, 0.05) is 6.42 Å². The first kappa shape index (κ1) is 38.8. The van der Waals surface area contributed by atoms with Crippen LogP contribution in [0.25, 0.3) is 0 Å². The fourth-order valence-electron chi connectivity index (χ4n) is 4.47. The van der Waals surface area contributed by atoms with Gasteiger partial charge in [-0.1, -0.05) is 71.9 Å². The number of alkyl carbamates (subject to hydrolysis) is 1. The minimum atomic E-state index is -4.63. The number of ketones is 2. The third-order valence-electron chi connectivity index (χ3n) is 6.67. The smallest absolute Gasteiger partial charge is 0.408 e. The van der Waals surface area contributed by atoms with Gasteiger partial charge in [-0.3, -0.25) is 24.1 Å². The molecule has 1 rings (SSSR count). The summed E-state index contributed by atoms with van der Waals surface area (Å²) < 4.78 is 38.3. The number of carbonyl (C=O) groups is 5. The maximum absolute atomic E-state index is 16.5. The second-order valence-electron chi connectivity index (χ2n) is 13.4. The molecule has 1 aromatic carbocycles. The van der Waals surface area contributed by atoms with E-state index in [0.29, 0.717) is 5.56 Å². The highest BCUT2D eigenvalue weighted by atomic mass is 19.3. The van der Waals surface area contributed by atoms with Gasteiger partial charge in [0.25, 0.3) is 0 Å². The number of amides is 3. The lowest BCUT2D eigenvalue weighted by molar-refractivity contribution is -0.174. The molecule has 0 radical (unpaired) electrons. The molecule has 0 spiro atoms. The van der Waals surface area contributed by atoms with Crippen molar-refractivity contribution in [2.24, 2.45) is 29.2 Å². The number of ether oxygens (including phenoxy) is 1. The van der Waals surface area contributed by atoms with Crippen LogP contribution in [0.2, 0.25) is 0 Å². The number of carbonyl (C=O) groups excluding carboxylic acids is 5. The van der Waals surface area contributed by atoms with Gasteiger partial charge in [-0.05, 0) is 56.9 Å². The van der Waals surface area contributed by atoms with Crippen LogP contribution in [0, 0.1) is 17.8 Å². The van der Waals surface area contributed by atoms with E-state index in [1.54, 1.807) is 92.6 Å². The second-order valence-corrected chi connectivity index (χ2v) is 13.4. The van der Waals surface area contributed by atoms with E-state index in [1.807, 2.05) is 0 Å². The van der Waals surface area contributed by atoms with Crippen LogP contribution in [-0.4, -0.2) is 70.1 Å². The minimum Gasteiger partial charge on any atom is -0.444 e. The maximum atomic E-state index is 16.5. The highest BCUT2D eigenvalue weighted by Crippen LogP contribution is 2.31. The average molecular weight is 625 g/mol. The molecular weight excluding hydrogens is 574 g/mol. The minimum absolute atomic E-state index is 0.127. The topological polar surface area (TPSA) is 162 Å². The Morgan fingerprint density at radius 3 is 1.91 bits per heavy atom. The van der Waals surface area contributed by atoms with Gasteiger partial charge in [-0.15, -0.1) is 0 Å². The predicted molar refractivity (Wildman–Crippen MR) is 164 cm³/mol. The molecular formula is C32H50F2N4O6. The summed E-state index contributed by atoms with van der Waals surface area (Å²) in [4.78, 5) is 67.9. The molecule has 0 fully saturated rings. The molecule has 10 nitrogen and oxygen atoms in total. The zero-order valence-electron chi connectivity index (χ0n) is 27.4. The van der Waals surface area contributed by atoms with Crippen molar-refractivity contribution >= 4 is 29.5 Å². The number of nitrogens with two attached hydrogens (primary N) is 2. The molecule has 2 unspecified atom stereocenters. The molecule has 0 saturated carbocycles. The Hall–Kier alpha value is -3.25. The molecule has 0 aliphatic rings. The van der Waals surface area contributed by atoms with Crippen molar-refractivity contribution in [3.8, 4) is 0 Å². The number of hydrogen-bond acceptors (Lipinski definition) is 8. The predicted octanol–water partition coefficient (Wildman–Crippen LogP) is 4.02. The van der Waals surface area contributed by atoms with Gasteiger partial charge in [0.15, 0.2) is 11.8 Å². The van der Waals surface area contributed by atoms with E-state index in [2.05, 4.69) is 5.32 Å². The maximum Gasteiger partial charge on any atom is 0.408 e. The van der Waals surface area contributed by atoms with Gasteiger partial charge in [0.2, 0.25) is 17.6 Å². The van der Waals surface area contributed by atoms with E-state index in [-0.39, 0.29) is 23.7 Å². The third-order valence-corrected chi connectivity index (χ3v) is 6.67. The van der Waals surface area contributed by atoms with Crippen LogP contribution in [0.4, 0.5) is 13.6 Å². The number of Topliss-reactive ketones (excluding diaryl/α,β-unsaturated/α-hetero) is 2. The Kier molecular flexibility index (Phi) is 14.3. The third kappa shape index (κ3) is 11.4. The summed E-state index contributed by atoms with van der Waals surface area (Å²) in [5, 5.41) is 2.33. The van der Waals surface area contributed by atoms with Crippen LogP contribution >= 0.6 is 0 Å². The number of halogens is 2. The van der Waals surface area contributed by atoms with Crippen molar-refractivity contribution in [1.82, 2.24) is 10.2 Å². The number of hydrogen-bond donors (Lipinski definition) is 3. The standard InChI is InChI=1S/C32H50F2N4O6/c1-18(2)15-22(35)28(41)32(33,34)27(38(24(39)16-19(3)4)29(42)25(36)20(5)6)26(40)23(17-21-13-11-10-12-14-21)37-30(43)44-31(7,8)9/h10-14,18-20,22-23,25,27H,15-17,35-36H2,1-9H3,(H,37,43)/t22?,23-,25-,27?/m0/s1. The Morgan fingerprint density at radius 2 is 1.45 bits per heavy atom. The molecule has 0 saturated heterocycles. The monoisotopic (exact) mass is 624 g/mol. The van der Waals surface area contributed by atoms with Crippen LogP contribution in [0.3, 0.4) is 0 Å². The summed E-state index contributed by atoms with van der Waals surface area (Å²) in [5.74, 6) is -11.5. The SMILES string of the molecule is CC(C)CC(=O)N(C(=O)[C@@H](N)C(C)C)C(C(=O)[C@H](Cc1ccccc1)NC(=O)OC(C)(C)C)C(F)(F)C(=O)C(N)CC(C)C. The van der Waals surface area contributed by atoms with Crippen LogP contribution in [0.1, 0.15) is 80.7 Å². The quantitative estimate of drug-likeness (QED) is 0.264. The molecule has 0 aliphatic carbocycles. The fraction of sp³-hybridized carbons (Fsp3) is 0.656. The number of alkyl halides is 2. The second kappa shape index (κ2) is 16.2. The van der Waals surface area contributed by atoms with Crippen molar-refractivity contribution in [3.05, 3.63) is 35.9 Å². The number of nitrogens with one attached hydrogen (secondary N) is 1. The molecule has 0 aliphatic heterocycles. The molecule has 12 heteroatoms. The van der Waals surface area contributed by atoms with E-state index >= 15 is 8.78 Å². The van der Waals surface area contributed by atoms with Crippen molar-refractivity contribution in [3.63, 3.8) is 0 Å². The zero-order chi connectivity index (χ0) is 34.2. The van der Waals surface area contributed by atoms with Crippen molar-refractivity contribution in [1.29, 1.82) is 0 Å². The highest BCUT2D eigenvalue weighted by molar-refractivity contribution is 6.08. The lowest BCUT2D eigenvalue weighted by Gasteiger charge is -2.38. The van der Waals surface area contributed by atoms with E-state index in [4.69, 9.17) is 16.2 Å². The van der Waals surface area contributed by atoms with Gasteiger partial charge in [0.05, 0.1) is 18.1 Å². The van der Waals surface area contributed by atoms with Gasteiger partial charge in [-0.25, -0.2) is 4.79 Å². The van der Waals surface area contributed by atoms with E-state index in [1.165, 1.54) is 0 Å².